The molecule has 0 amide bonds. The second-order valence-corrected chi connectivity index (χ2v) is 7.60. The van der Waals surface area contributed by atoms with Crippen molar-refractivity contribution in [2.24, 2.45) is 0 Å². The van der Waals surface area contributed by atoms with Crippen LogP contribution in [0.15, 0.2) is 18.2 Å². The first-order valence-electron chi connectivity index (χ1n) is 6.10. The van der Waals surface area contributed by atoms with E-state index in [1.54, 1.807) is 12.1 Å². The molecule has 2 heterocycles. The van der Waals surface area contributed by atoms with Crippen molar-refractivity contribution in [2.45, 2.75) is 18.9 Å². The molecule has 7 heteroatoms. The molecule has 5 nitrogen and oxygen atoms in total. The summed E-state index contributed by atoms with van der Waals surface area (Å²) in [6.07, 6.45) is 1.17. The first kappa shape index (κ1) is 12.7. The lowest BCUT2D eigenvalue weighted by molar-refractivity contribution is 0.463. The topological polar surface area (TPSA) is 78.0 Å². The molecule has 0 unspecified atom stereocenters. The fourth-order valence-electron chi connectivity index (χ4n) is 2.61. The maximum atomic E-state index is 11.5. The summed E-state index contributed by atoms with van der Waals surface area (Å²) in [5, 5.41) is 0.614. The number of nitrogens with two attached hydrogens (primary N) is 1. The van der Waals surface area contributed by atoms with Crippen molar-refractivity contribution >= 4 is 38.4 Å². The summed E-state index contributed by atoms with van der Waals surface area (Å²) in [6, 6.07) is 5.53. The molecule has 1 aromatic carbocycles. The zero-order valence-corrected chi connectivity index (χ0v) is 11.8. The molecule has 0 bridgehead atoms. The molecule has 0 aliphatic carbocycles. The summed E-state index contributed by atoms with van der Waals surface area (Å²) < 4.78 is 24.9. The van der Waals surface area contributed by atoms with Gasteiger partial charge in [0.25, 0.3) is 0 Å². The summed E-state index contributed by atoms with van der Waals surface area (Å²) in [5.41, 5.74) is 7.62. The number of anilines is 1. The van der Waals surface area contributed by atoms with Gasteiger partial charge in [-0.15, -0.1) is 0 Å². The predicted molar refractivity (Wildman–Crippen MR) is 76.1 cm³/mol. The van der Waals surface area contributed by atoms with Gasteiger partial charge < -0.3 is 10.3 Å². The Morgan fingerprint density at radius 1 is 1.32 bits per heavy atom. The maximum Gasteiger partial charge on any atom is 0.201 e. The molecular weight excluding hydrogens is 286 g/mol. The number of halogens is 1. The van der Waals surface area contributed by atoms with Crippen LogP contribution >= 0.6 is 11.6 Å². The van der Waals surface area contributed by atoms with Crippen molar-refractivity contribution < 1.29 is 8.42 Å². The van der Waals surface area contributed by atoms with E-state index >= 15 is 0 Å². The van der Waals surface area contributed by atoms with Gasteiger partial charge in [0.2, 0.25) is 5.95 Å². The van der Waals surface area contributed by atoms with Gasteiger partial charge in [-0.25, -0.2) is 13.4 Å². The molecule has 1 saturated heterocycles. The van der Waals surface area contributed by atoms with Crippen LogP contribution in [-0.2, 0) is 9.84 Å². The molecule has 3 rings (SSSR count). The van der Waals surface area contributed by atoms with Crippen molar-refractivity contribution in [3.8, 4) is 0 Å². The molecule has 0 radical (unpaired) electrons. The average Bonchev–Trinajstić information content (AvgIpc) is 2.65. The summed E-state index contributed by atoms with van der Waals surface area (Å²) in [7, 11) is -2.88. The van der Waals surface area contributed by atoms with Crippen molar-refractivity contribution in [1.29, 1.82) is 0 Å². The summed E-state index contributed by atoms with van der Waals surface area (Å²) in [4.78, 5) is 4.29. The first-order valence-corrected chi connectivity index (χ1v) is 8.29. The van der Waals surface area contributed by atoms with Gasteiger partial charge in [0.15, 0.2) is 0 Å². The molecule has 2 N–H and O–H groups in total. The van der Waals surface area contributed by atoms with Crippen LogP contribution in [0.4, 0.5) is 5.95 Å². The van der Waals surface area contributed by atoms with Crippen molar-refractivity contribution in [2.75, 3.05) is 17.2 Å². The molecule has 0 atom stereocenters. The molecule has 102 valence electrons. The highest BCUT2D eigenvalue weighted by atomic mass is 35.5. The maximum absolute atomic E-state index is 11.5. The number of aromatic nitrogens is 2. The molecule has 1 aliphatic heterocycles. The van der Waals surface area contributed by atoms with Crippen LogP contribution in [0.3, 0.4) is 0 Å². The van der Waals surface area contributed by atoms with Crippen LogP contribution < -0.4 is 5.73 Å². The number of sulfone groups is 1. The fourth-order valence-corrected chi connectivity index (χ4v) is 4.24. The lowest BCUT2D eigenvalue weighted by atomic mass is 10.1. The second kappa shape index (κ2) is 4.38. The molecule has 1 aliphatic rings. The first-order chi connectivity index (χ1) is 8.96. The highest BCUT2D eigenvalue weighted by Crippen LogP contribution is 2.31. The normalized spacial score (nSPS) is 19.8. The average molecular weight is 300 g/mol. The molecule has 0 spiro atoms. The standard InChI is InChI=1S/C12H14ClN3O2S/c13-8-1-2-11-10(7-8)15-12(14)16(11)9-3-5-19(17,18)6-4-9/h1-2,7,9H,3-6H2,(H2,14,15). The Balaban J connectivity index is 2.03. The van der Waals surface area contributed by atoms with Gasteiger partial charge in [-0.1, -0.05) is 11.6 Å². The SMILES string of the molecule is Nc1nc2cc(Cl)ccc2n1C1CCS(=O)(=O)CC1. The minimum atomic E-state index is -2.88. The van der Waals surface area contributed by atoms with E-state index in [2.05, 4.69) is 4.98 Å². The smallest absolute Gasteiger partial charge is 0.201 e. The Morgan fingerprint density at radius 3 is 2.68 bits per heavy atom. The molecule has 0 saturated carbocycles. The van der Waals surface area contributed by atoms with Crippen LogP contribution in [0.2, 0.25) is 5.02 Å². The van der Waals surface area contributed by atoms with E-state index in [4.69, 9.17) is 17.3 Å². The van der Waals surface area contributed by atoms with E-state index < -0.39 is 9.84 Å². The van der Waals surface area contributed by atoms with E-state index in [1.165, 1.54) is 0 Å². The largest absolute Gasteiger partial charge is 0.369 e. The van der Waals surface area contributed by atoms with Crippen LogP contribution in [0.25, 0.3) is 11.0 Å². The third kappa shape index (κ3) is 2.30. The Hall–Kier alpha value is -1.27. The van der Waals surface area contributed by atoms with E-state index in [9.17, 15) is 8.42 Å². The number of fused-ring (bicyclic) bond motifs is 1. The van der Waals surface area contributed by atoms with Gasteiger partial charge in [-0.3, -0.25) is 0 Å². The number of nitrogen functional groups attached to an aromatic ring is 1. The Kier molecular flexibility index (Phi) is 2.94. The fraction of sp³-hybridized carbons (Fsp3) is 0.417. The number of hydrogen-bond donors (Lipinski definition) is 1. The molecule has 1 fully saturated rings. The van der Waals surface area contributed by atoms with Gasteiger partial charge in [0, 0.05) is 11.1 Å². The Bertz CT molecular complexity index is 725. The monoisotopic (exact) mass is 299 g/mol. The number of benzene rings is 1. The second-order valence-electron chi connectivity index (χ2n) is 4.86. The lowest BCUT2D eigenvalue weighted by Crippen LogP contribution is -2.26. The number of hydrogen-bond acceptors (Lipinski definition) is 4. The van der Waals surface area contributed by atoms with Crippen LogP contribution in [-0.4, -0.2) is 29.5 Å². The van der Waals surface area contributed by atoms with E-state index in [0.717, 1.165) is 11.0 Å². The molecule has 1 aromatic heterocycles. The Morgan fingerprint density at radius 2 is 2.00 bits per heavy atom. The van der Waals surface area contributed by atoms with E-state index in [-0.39, 0.29) is 17.5 Å². The number of rotatable bonds is 1. The number of nitrogens with zero attached hydrogens (tertiary/aromatic N) is 2. The molecule has 19 heavy (non-hydrogen) atoms. The zero-order valence-electron chi connectivity index (χ0n) is 10.2. The summed E-state index contributed by atoms with van der Waals surface area (Å²) in [6.45, 7) is 0. The van der Waals surface area contributed by atoms with Crippen LogP contribution in [0.5, 0.6) is 0 Å². The van der Waals surface area contributed by atoms with Gasteiger partial charge >= 0.3 is 0 Å². The van der Waals surface area contributed by atoms with Crippen LogP contribution in [0.1, 0.15) is 18.9 Å². The van der Waals surface area contributed by atoms with E-state index in [0.29, 0.717) is 23.8 Å². The zero-order chi connectivity index (χ0) is 13.6. The minimum absolute atomic E-state index is 0.0923. The quantitative estimate of drug-likeness (QED) is 0.874. The summed E-state index contributed by atoms with van der Waals surface area (Å²) in [5.74, 6) is 0.843. The lowest BCUT2D eigenvalue weighted by Gasteiger charge is -2.24. The van der Waals surface area contributed by atoms with Crippen LogP contribution in [0, 0.1) is 0 Å². The summed E-state index contributed by atoms with van der Waals surface area (Å²) >= 11 is 5.93. The predicted octanol–water partition coefficient (Wildman–Crippen LogP) is 2.02. The minimum Gasteiger partial charge on any atom is -0.369 e. The highest BCUT2D eigenvalue weighted by molar-refractivity contribution is 7.91. The van der Waals surface area contributed by atoms with Gasteiger partial charge in [-0.2, -0.15) is 0 Å². The highest BCUT2D eigenvalue weighted by Gasteiger charge is 2.27. The molecule has 2 aromatic rings. The third-order valence-electron chi connectivity index (χ3n) is 3.57. The van der Waals surface area contributed by atoms with Gasteiger partial charge in [0.1, 0.15) is 9.84 Å². The third-order valence-corrected chi connectivity index (χ3v) is 5.52. The van der Waals surface area contributed by atoms with E-state index in [1.807, 2.05) is 10.6 Å². The molecular formula is C12H14ClN3O2S. The van der Waals surface area contributed by atoms with Gasteiger partial charge in [0.05, 0.1) is 22.5 Å². The number of imidazole rings is 1. The van der Waals surface area contributed by atoms with Crippen molar-refractivity contribution in [3.63, 3.8) is 0 Å². The van der Waals surface area contributed by atoms with Gasteiger partial charge in [-0.05, 0) is 31.0 Å². The van der Waals surface area contributed by atoms with Crippen molar-refractivity contribution in [3.05, 3.63) is 23.2 Å². The van der Waals surface area contributed by atoms with Crippen molar-refractivity contribution in [1.82, 2.24) is 9.55 Å². The Labute approximate surface area is 116 Å².